The number of hydroxylamine groups is 2. The van der Waals surface area contributed by atoms with Gasteiger partial charge in [0.2, 0.25) is 0 Å². The highest BCUT2D eigenvalue weighted by molar-refractivity contribution is 5.66. The van der Waals surface area contributed by atoms with Gasteiger partial charge in [0.15, 0.2) is 0 Å². The first-order valence-corrected chi connectivity index (χ1v) is 5.12. The monoisotopic (exact) mass is 231 g/mol. The van der Waals surface area contributed by atoms with Crippen LogP contribution in [0.5, 0.6) is 0 Å². The summed E-state index contributed by atoms with van der Waals surface area (Å²) < 4.78 is 10.4. The molecule has 1 aliphatic heterocycles. The Morgan fingerprint density at radius 3 is 2.50 bits per heavy atom. The summed E-state index contributed by atoms with van der Waals surface area (Å²) in [7, 11) is 0. The van der Waals surface area contributed by atoms with E-state index in [1.54, 1.807) is 0 Å². The predicted octanol–water partition coefficient (Wildman–Crippen LogP) is 0.466. The second-order valence-electron chi connectivity index (χ2n) is 4.04. The van der Waals surface area contributed by atoms with Crippen molar-refractivity contribution < 1.29 is 23.9 Å². The average Bonchev–Trinajstić information content (AvgIpc) is 2.19. The Kier molecular flexibility index (Phi) is 4.26. The Morgan fingerprint density at radius 1 is 1.38 bits per heavy atom. The van der Waals surface area contributed by atoms with Gasteiger partial charge < -0.3 is 14.3 Å². The number of hydrogen-bond acceptors (Lipinski definition) is 6. The lowest BCUT2D eigenvalue weighted by Gasteiger charge is -2.37. The van der Waals surface area contributed by atoms with Crippen molar-refractivity contribution in [2.75, 3.05) is 19.9 Å². The minimum absolute atomic E-state index is 0.192. The molecule has 0 N–H and O–H groups in total. The molecule has 0 aromatic rings. The molecular formula is C10H17NO5. The zero-order valence-electron chi connectivity index (χ0n) is 9.82. The first-order chi connectivity index (χ1) is 7.41. The lowest BCUT2D eigenvalue weighted by Crippen LogP contribution is -2.48. The Morgan fingerprint density at radius 2 is 2.06 bits per heavy atom. The lowest BCUT2D eigenvalue weighted by atomic mass is 10.0. The van der Waals surface area contributed by atoms with Crippen LogP contribution in [0.25, 0.3) is 0 Å². The molecule has 0 amide bonds. The number of ether oxygens (including phenoxy) is 2. The van der Waals surface area contributed by atoms with Crippen LogP contribution in [0.3, 0.4) is 0 Å². The Hall–Kier alpha value is -1.14. The predicted molar refractivity (Wildman–Crippen MR) is 54.1 cm³/mol. The molecule has 1 saturated heterocycles. The third-order valence-corrected chi connectivity index (χ3v) is 2.29. The molecule has 0 aromatic heterocycles. The molecule has 1 heterocycles. The van der Waals surface area contributed by atoms with Gasteiger partial charge in [0.05, 0.1) is 0 Å². The summed E-state index contributed by atoms with van der Waals surface area (Å²) in [4.78, 5) is 26.3. The van der Waals surface area contributed by atoms with E-state index in [4.69, 9.17) is 14.3 Å². The zero-order valence-corrected chi connectivity index (χ0v) is 9.82. The van der Waals surface area contributed by atoms with Crippen molar-refractivity contribution in [1.82, 2.24) is 5.06 Å². The minimum Gasteiger partial charge on any atom is -0.463 e. The van der Waals surface area contributed by atoms with Gasteiger partial charge in [0.1, 0.15) is 18.9 Å². The van der Waals surface area contributed by atoms with Gasteiger partial charge in [0, 0.05) is 20.4 Å². The van der Waals surface area contributed by atoms with Gasteiger partial charge in [-0.05, 0) is 13.3 Å². The SMILES string of the molecule is CC(=O)OC[C@]1(C)CCN(OC(C)=O)CO1. The summed E-state index contributed by atoms with van der Waals surface area (Å²) in [6.07, 6.45) is 0.632. The van der Waals surface area contributed by atoms with Gasteiger partial charge in [-0.2, -0.15) is 0 Å². The minimum atomic E-state index is -0.498. The number of carbonyl (C=O) groups excluding carboxylic acids is 2. The number of nitrogens with zero attached hydrogens (tertiary/aromatic N) is 1. The first-order valence-electron chi connectivity index (χ1n) is 5.12. The molecule has 0 saturated carbocycles. The zero-order chi connectivity index (χ0) is 12.2. The van der Waals surface area contributed by atoms with Crippen molar-refractivity contribution in [3.05, 3.63) is 0 Å². The van der Waals surface area contributed by atoms with Gasteiger partial charge in [-0.3, -0.25) is 9.59 Å². The summed E-state index contributed by atoms with van der Waals surface area (Å²) in [6.45, 7) is 5.54. The normalized spacial score (nSPS) is 26.2. The van der Waals surface area contributed by atoms with Crippen LogP contribution >= 0.6 is 0 Å². The molecule has 1 aliphatic rings. The molecule has 0 aromatic carbocycles. The topological polar surface area (TPSA) is 65.1 Å². The number of hydrogen-bond donors (Lipinski definition) is 0. The van der Waals surface area contributed by atoms with Crippen molar-refractivity contribution in [2.45, 2.75) is 32.8 Å². The molecule has 1 fully saturated rings. The fourth-order valence-corrected chi connectivity index (χ4v) is 1.35. The maximum Gasteiger partial charge on any atom is 0.322 e. The van der Waals surface area contributed by atoms with Crippen molar-refractivity contribution in [1.29, 1.82) is 0 Å². The van der Waals surface area contributed by atoms with E-state index in [-0.39, 0.29) is 25.3 Å². The molecule has 0 aliphatic carbocycles. The molecule has 0 unspecified atom stereocenters. The summed E-state index contributed by atoms with van der Waals surface area (Å²) >= 11 is 0. The number of esters is 1. The van der Waals surface area contributed by atoms with E-state index in [2.05, 4.69) is 0 Å². The maximum atomic E-state index is 10.7. The van der Waals surface area contributed by atoms with Crippen LogP contribution in [0.4, 0.5) is 0 Å². The smallest absolute Gasteiger partial charge is 0.322 e. The molecule has 0 radical (unpaired) electrons. The molecule has 0 bridgehead atoms. The summed E-state index contributed by atoms with van der Waals surface area (Å²) in [5, 5.41) is 1.44. The number of rotatable bonds is 3. The van der Waals surface area contributed by atoms with Gasteiger partial charge in [-0.1, -0.05) is 0 Å². The van der Waals surface area contributed by atoms with Crippen molar-refractivity contribution >= 4 is 11.9 Å². The van der Waals surface area contributed by atoms with Crippen LogP contribution in [-0.4, -0.2) is 42.5 Å². The van der Waals surface area contributed by atoms with Crippen LogP contribution in [-0.2, 0) is 23.9 Å². The third kappa shape index (κ3) is 4.16. The lowest BCUT2D eigenvalue weighted by molar-refractivity contribution is -0.259. The fraction of sp³-hybridized carbons (Fsp3) is 0.800. The highest BCUT2D eigenvalue weighted by Crippen LogP contribution is 2.22. The van der Waals surface area contributed by atoms with E-state index in [0.717, 1.165) is 0 Å². The van der Waals surface area contributed by atoms with E-state index >= 15 is 0 Å². The largest absolute Gasteiger partial charge is 0.463 e. The van der Waals surface area contributed by atoms with Gasteiger partial charge >= 0.3 is 11.9 Å². The second kappa shape index (κ2) is 5.27. The molecular weight excluding hydrogens is 214 g/mol. The van der Waals surface area contributed by atoms with E-state index < -0.39 is 5.60 Å². The van der Waals surface area contributed by atoms with Crippen LogP contribution in [0.15, 0.2) is 0 Å². The van der Waals surface area contributed by atoms with E-state index in [1.165, 1.54) is 18.9 Å². The number of carbonyl (C=O) groups is 2. The molecule has 92 valence electrons. The summed E-state index contributed by atoms with van der Waals surface area (Å²) in [6, 6.07) is 0. The van der Waals surface area contributed by atoms with Crippen LogP contribution in [0.2, 0.25) is 0 Å². The van der Waals surface area contributed by atoms with Gasteiger partial charge in [-0.25, -0.2) is 0 Å². The average molecular weight is 231 g/mol. The molecule has 16 heavy (non-hydrogen) atoms. The quantitative estimate of drug-likeness (QED) is 0.658. The third-order valence-electron chi connectivity index (χ3n) is 2.29. The van der Waals surface area contributed by atoms with Crippen LogP contribution in [0, 0.1) is 0 Å². The fourth-order valence-electron chi connectivity index (χ4n) is 1.35. The standard InChI is InChI=1S/C10H17NO5/c1-8(12)14-6-10(3)4-5-11(7-15-10)16-9(2)13/h4-7H2,1-3H3/t10-/m0/s1. The molecule has 0 spiro atoms. The van der Waals surface area contributed by atoms with E-state index in [1.807, 2.05) is 6.92 Å². The Balaban J connectivity index is 2.34. The van der Waals surface area contributed by atoms with Crippen molar-refractivity contribution in [3.63, 3.8) is 0 Å². The maximum absolute atomic E-state index is 10.7. The summed E-state index contributed by atoms with van der Waals surface area (Å²) in [5.74, 6) is -0.695. The van der Waals surface area contributed by atoms with Gasteiger partial charge in [-0.15, -0.1) is 5.06 Å². The second-order valence-corrected chi connectivity index (χ2v) is 4.04. The molecule has 6 nitrogen and oxygen atoms in total. The van der Waals surface area contributed by atoms with Gasteiger partial charge in [0.25, 0.3) is 0 Å². The van der Waals surface area contributed by atoms with E-state index in [0.29, 0.717) is 13.0 Å². The van der Waals surface area contributed by atoms with Crippen molar-refractivity contribution in [3.8, 4) is 0 Å². The summed E-state index contributed by atoms with van der Waals surface area (Å²) in [5.41, 5.74) is -0.498. The Labute approximate surface area is 94.4 Å². The Bertz CT molecular complexity index is 270. The van der Waals surface area contributed by atoms with Crippen LogP contribution in [0.1, 0.15) is 27.2 Å². The molecule has 1 atom stereocenters. The first kappa shape index (κ1) is 12.9. The van der Waals surface area contributed by atoms with Crippen molar-refractivity contribution in [2.24, 2.45) is 0 Å². The molecule has 6 heteroatoms. The van der Waals surface area contributed by atoms with Crippen LogP contribution < -0.4 is 0 Å². The highest BCUT2D eigenvalue weighted by Gasteiger charge is 2.33. The van der Waals surface area contributed by atoms with E-state index in [9.17, 15) is 9.59 Å². The highest BCUT2D eigenvalue weighted by atomic mass is 16.7. The molecule has 1 rings (SSSR count).